The molecule has 4 rings (SSSR count). The molecule has 4 heterocycles. The van der Waals surface area contributed by atoms with Crippen LogP contribution < -0.4 is 5.32 Å². The maximum Gasteiger partial charge on any atom is 0.277 e. The van der Waals surface area contributed by atoms with Crippen molar-refractivity contribution in [3.05, 3.63) is 59.9 Å². The highest BCUT2D eigenvalue weighted by atomic mass is 32.1. The molecule has 0 saturated heterocycles. The van der Waals surface area contributed by atoms with Gasteiger partial charge in [-0.1, -0.05) is 11.2 Å². The number of thiophene rings is 1. The van der Waals surface area contributed by atoms with Gasteiger partial charge in [-0.15, -0.1) is 11.3 Å². The molecule has 108 valence electrons. The van der Waals surface area contributed by atoms with Gasteiger partial charge in [-0.2, -0.15) is 5.10 Å². The number of rotatable bonds is 3. The van der Waals surface area contributed by atoms with E-state index in [4.69, 9.17) is 4.52 Å². The number of carbonyl (C=O) groups is 1. The summed E-state index contributed by atoms with van der Waals surface area (Å²) in [5, 5.41) is 12.7. The number of carbonyl (C=O) groups excluding carboxylic acids is 1. The summed E-state index contributed by atoms with van der Waals surface area (Å²) in [6.07, 6.45) is 3.48. The molecule has 0 saturated carbocycles. The molecule has 0 bridgehead atoms. The normalized spacial score (nSPS) is 10.9. The Morgan fingerprint density at radius 1 is 1.27 bits per heavy atom. The summed E-state index contributed by atoms with van der Waals surface area (Å²) in [5.74, 6) is 0.279. The van der Waals surface area contributed by atoms with Gasteiger partial charge in [0.15, 0.2) is 11.5 Å². The summed E-state index contributed by atoms with van der Waals surface area (Å²) in [6, 6.07) is 11.0. The summed E-state index contributed by atoms with van der Waals surface area (Å²) in [7, 11) is 0. The van der Waals surface area contributed by atoms with Crippen molar-refractivity contribution in [3.63, 3.8) is 0 Å². The van der Waals surface area contributed by atoms with Crippen LogP contribution in [0.25, 0.3) is 16.2 Å². The van der Waals surface area contributed by atoms with Gasteiger partial charge >= 0.3 is 0 Å². The van der Waals surface area contributed by atoms with Crippen LogP contribution in [0.5, 0.6) is 0 Å². The zero-order valence-electron chi connectivity index (χ0n) is 11.3. The Hall–Kier alpha value is -2.93. The Bertz CT molecular complexity index is 939. The van der Waals surface area contributed by atoms with Gasteiger partial charge in [0.05, 0.1) is 10.4 Å². The maximum absolute atomic E-state index is 12.2. The summed E-state index contributed by atoms with van der Waals surface area (Å²) in [6.45, 7) is 0. The number of aromatic nitrogens is 3. The van der Waals surface area contributed by atoms with Crippen LogP contribution in [0.3, 0.4) is 0 Å². The summed E-state index contributed by atoms with van der Waals surface area (Å²) in [4.78, 5) is 13.2. The Labute approximate surface area is 129 Å². The van der Waals surface area contributed by atoms with E-state index in [1.165, 1.54) is 11.3 Å². The molecule has 0 aliphatic carbocycles. The molecule has 0 aliphatic heterocycles. The molecular formula is C15H10N4O2S. The van der Waals surface area contributed by atoms with Crippen LogP contribution in [0.4, 0.5) is 5.69 Å². The highest BCUT2D eigenvalue weighted by Gasteiger charge is 2.14. The number of hydrogen-bond donors (Lipinski definition) is 1. The van der Waals surface area contributed by atoms with Gasteiger partial charge in [0.1, 0.15) is 0 Å². The lowest BCUT2D eigenvalue weighted by Gasteiger charge is -2.02. The van der Waals surface area contributed by atoms with Crippen LogP contribution in [0, 0.1) is 0 Å². The molecule has 0 fully saturated rings. The molecule has 0 unspecified atom stereocenters. The molecule has 0 atom stereocenters. The Morgan fingerprint density at radius 3 is 3.09 bits per heavy atom. The summed E-state index contributed by atoms with van der Waals surface area (Å²) in [5.41, 5.74) is 1.83. The van der Waals surface area contributed by atoms with E-state index in [1.807, 2.05) is 29.6 Å². The van der Waals surface area contributed by atoms with Crippen LogP contribution in [-0.2, 0) is 0 Å². The Kier molecular flexibility index (Phi) is 2.97. The summed E-state index contributed by atoms with van der Waals surface area (Å²) >= 11 is 1.53. The average Bonchev–Trinajstić information content (AvgIpc) is 3.26. The number of nitrogens with zero attached hydrogens (tertiary/aromatic N) is 3. The first-order valence-electron chi connectivity index (χ1n) is 6.55. The smallest absolute Gasteiger partial charge is 0.277 e. The van der Waals surface area contributed by atoms with Crippen LogP contribution in [0.2, 0.25) is 0 Å². The van der Waals surface area contributed by atoms with E-state index in [2.05, 4.69) is 15.6 Å². The van der Waals surface area contributed by atoms with E-state index in [-0.39, 0.29) is 11.6 Å². The molecule has 0 aromatic carbocycles. The molecular weight excluding hydrogens is 300 g/mol. The lowest BCUT2D eigenvalue weighted by atomic mass is 10.3. The number of amides is 1. The quantitative estimate of drug-likeness (QED) is 0.630. The van der Waals surface area contributed by atoms with Crippen molar-refractivity contribution in [2.24, 2.45) is 0 Å². The van der Waals surface area contributed by atoms with Gasteiger partial charge in [-0.25, -0.2) is 4.52 Å². The van der Waals surface area contributed by atoms with Crippen molar-refractivity contribution in [3.8, 4) is 10.6 Å². The zero-order chi connectivity index (χ0) is 14.9. The third kappa shape index (κ3) is 2.27. The Balaban J connectivity index is 1.56. The minimum Gasteiger partial charge on any atom is -0.355 e. The van der Waals surface area contributed by atoms with Crippen molar-refractivity contribution in [2.75, 3.05) is 5.32 Å². The van der Waals surface area contributed by atoms with Crippen molar-refractivity contribution >= 4 is 28.4 Å². The van der Waals surface area contributed by atoms with Gasteiger partial charge in [-0.3, -0.25) is 4.79 Å². The largest absolute Gasteiger partial charge is 0.355 e. The lowest BCUT2D eigenvalue weighted by Crippen LogP contribution is -2.12. The molecule has 0 spiro atoms. The Morgan fingerprint density at radius 2 is 2.23 bits per heavy atom. The lowest BCUT2D eigenvalue weighted by molar-refractivity contribution is 0.101. The predicted octanol–water partition coefficient (Wildman–Crippen LogP) is 3.30. The van der Waals surface area contributed by atoms with Crippen LogP contribution in [-0.4, -0.2) is 20.7 Å². The molecule has 1 amide bonds. The van der Waals surface area contributed by atoms with Crippen molar-refractivity contribution < 1.29 is 9.32 Å². The minimum atomic E-state index is -0.310. The van der Waals surface area contributed by atoms with Gasteiger partial charge in [-0.05, 0) is 29.6 Å². The van der Waals surface area contributed by atoms with Gasteiger partial charge in [0.2, 0.25) is 0 Å². The highest BCUT2D eigenvalue weighted by molar-refractivity contribution is 7.13. The van der Waals surface area contributed by atoms with E-state index >= 15 is 0 Å². The number of anilines is 1. The maximum atomic E-state index is 12.2. The molecule has 0 aliphatic rings. The third-order valence-electron chi connectivity index (χ3n) is 3.16. The average molecular weight is 310 g/mol. The molecule has 6 nitrogen and oxygen atoms in total. The molecule has 22 heavy (non-hydrogen) atoms. The van der Waals surface area contributed by atoms with Crippen LogP contribution in [0.1, 0.15) is 10.5 Å². The SMILES string of the molecule is O=C(Nc1ccn2nccc2c1)c1cc(-c2cccs2)on1. The van der Waals surface area contributed by atoms with Crippen molar-refractivity contribution in [2.45, 2.75) is 0 Å². The van der Waals surface area contributed by atoms with E-state index in [0.29, 0.717) is 11.4 Å². The fourth-order valence-electron chi connectivity index (χ4n) is 2.11. The second kappa shape index (κ2) is 5.12. The number of fused-ring (bicyclic) bond motifs is 1. The van der Waals surface area contributed by atoms with Crippen LogP contribution in [0.15, 0.2) is 58.7 Å². The second-order valence-corrected chi connectivity index (χ2v) is 5.57. The number of nitrogens with one attached hydrogen (secondary N) is 1. The van der Waals surface area contributed by atoms with E-state index in [9.17, 15) is 4.79 Å². The molecule has 4 aromatic heterocycles. The van der Waals surface area contributed by atoms with Crippen LogP contribution >= 0.6 is 11.3 Å². The fourth-order valence-corrected chi connectivity index (χ4v) is 2.78. The van der Waals surface area contributed by atoms with Gasteiger partial charge < -0.3 is 9.84 Å². The molecule has 1 N–H and O–H groups in total. The third-order valence-corrected chi connectivity index (χ3v) is 4.05. The first kappa shape index (κ1) is 12.8. The molecule has 4 aromatic rings. The standard InChI is InChI=1S/C15H10N4O2S/c20-15(12-9-13(21-18-12)14-2-1-7-22-14)17-10-4-6-19-11(8-10)3-5-16-19/h1-9H,(H,17,20). The minimum absolute atomic E-state index is 0.247. The van der Waals surface area contributed by atoms with E-state index in [0.717, 1.165) is 10.4 Å². The topological polar surface area (TPSA) is 72.4 Å². The number of hydrogen-bond acceptors (Lipinski definition) is 5. The van der Waals surface area contributed by atoms with Gasteiger partial charge in [0.25, 0.3) is 5.91 Å². The number of pyridine rings is 1. The van der Waals surface area contributed by atoms with E-state index in [1.54, 1.807) is 29.0 Å². The summed E-state index contributed by atoms with van der Waals surface area (Å²) < 4.78 is 6.93. The van der Waals surface area contributed by atoms with E-state index < -0.39 is 0 Å². The monoisotopic (exact) mass is 310 g/mol. The second-order valence-electron chi connectivity index (χ2n) is 4.62. The first-order chi connectivity index (χ1) is 10.8. The molecule has 0 radical (unpaired) electrons. The van der Waals surface area contributed by atoms with Crippen molar-refractivity contribution in [1.29, 1.82) is 0 Å². The van der Waals surface area contributed by atoms with Gasteiger partial charge in [0, 0.05) is 24.1 Å². The fraction of sp³-hybridized carbons (Fsp3) is 0. The zero-order valence-corrected chi connectivity index (χ0v) is 12.1. The van der Waals surface area contributed by atoms with Crippen molar-refractivity contribution in [1.82, 2.24) is 14.8 Å². The molecule has 7 heteroatoms. The highest BCUT2D eigenvalue weighted by Crippen LogP contribution is 2.25. The predicted molar refractivity (Wildman–Crippen MR) is 83.0 cm³/mol. The first-order valence-corrected chi connectivity index (χ1v) is 7.43.